The van der Waals surface area contributed by atoms with Crippen LogP contribution in [0.1, 0.15) is 24.3 Å². The molecule has 0 aliphatic rings. The van der Waals surface area contributed by atoms with Crippen LogP contribution in [-0.4, -0.2) is 19.2 Å². The number of rotatable bonds is 7. The van der Waals surface area contributed by atoms with E-state index >= 15 is 0 Å². The number of carbonyl (C=O) groups is 1. The number of amides is 2. The van der Waals surface area contributed by atoms with Crippen LogP contribution in [0.5, 0.6) is 5.75 Å². The number of thiophene rings is 1. The third kappa shape index (κ3) is 5.47. The number of nitrogens with one attached hydrogen (secondary N) is 2. The van der Waals surface area contributed by atoms with E-state index < -0.39 is 0 Å². The lowest BCUT2D eigenvalue weighted by Gasteiger charge is -2.13. The van der Waals surface area contributed by atoms with Gasteiger partial charge in [-0.3, -0.25) is 0 Å². The van der Waals surface area contributed by atoms with Gasteiger partial charge in [0.05, 0.1) is 12.6 Å². The summed E-state index contributed by atoms with van der Waals surface area (Å²) < 4.78 is 5.56. The smallest absolute Gasteiger partial charge is 0.315 e. The molecule has 0 bridgehead atoms. The number of urea groups is 1. The van der Waals surface area contributed by atoms with Crippen LogP contribution in [0.3, 0.4) is 0 Å². The minimum atomic E-state index is -0.143. The fourth-order valence-corrected chi connectivity index (χ4v) is 2.57. The molecule has 2 amide bonds. The molecule has 1 aromatic heterocycles. The molecule has 0 aliphatic heterocycles. The van der Waals surface area contributed by atoms with Gasteiger partial charge in [-0.25, -0.2) is 4.79 Å². The third-order valence-corrected chi connectivity index (χ3v) is 3.99. The molecule has 1 heterocycles. The molecule has 0 spiro atoms. The number of para-hydroxylation sites is 1. The molecule has 0 saturated heterocycles. The normalized spacial score (nSPS) is 11.7. The Bertz CT molecular complexity index is 528. The molecule has 0 radical (unpaired) electrons. The lowest BCUT2D eigenvalue weighted by molar-refractivity contribution is 0.236. The molecule has 2 aromatic rings. The highest BCUT2D eigenvalue weighted by Crippen LogP contribution is 2.17. The minimum absolute atomic E-state index is 0.0329. The third-order valence-electron chi connectivity index (χ3n) is 2.94. The summed E-state index contributed by atoms with van der Waals surface area (Å²) in [5.41, 5.74) is 0. The van der Waals surface area contributed by atoms with Gasteiger partial charge in [0, 0.05) is 11.4 Å². The predicted molar refractivity (Wildman–Crippen MR) is 85.8 cm³/mol. The second-order valence-electron chi connectivity index (χ2n) is 4.65. The van der Waals surface area contributed by atoms with Crippen LogP contribution < -0.4 is 15.4 Å². The second-order valence-corrected chi connectivity index (χ2v) is 5.63. The maximum atomic E-state index is 11.7. The summed E-state index contributed by atoms with van der Waals surface area (Å²) in [6, 6.07) is 13.6. The summed E-state index contributed by atoms with van der Waals surface area (Å²) in [6.07, 6.45) is 0.774. The first-order chi connectivity index (χ1) is 10.3. The fourth-order valence-electron chi connectivity index (χ4n) is 1.84. The Labute approximate surface area is 129 Å². The average Bonchev–Trinajstić information content (AvgIpc) is 3.02. The van der Waals surface area contributed by atoms with E-state index in [1.807, 2.05) is 54.8 Å². The second kappa shape index (κ2) is 8.32. The fraction of sp³-hybridized carbons (Fsp3) is 0.312. The van der Waals surface area contributed by atoms with E-state index in [0.29, 0.717) is 13.2 Å². The van der Waals surface area contributed by atoms with Crippen LogP contribution in [-0.2, 0) is 0 Å². The highest BCUT2D eigenvalue weighted by molar-refractivity contribution is 7.10. The summed E-state index contributed by atoms with van der Waals surface area (Å²) in [5.74, 6) is 0.855. The molecule has 2 rings (SSSR count). The number of hydrogen-bond acceptors (Lipinski definition) is 3. The highest BCUT2D eigenvalue weighted by atomic mass is 32.1. The molecular weight excluding hydrogens is 284 g/mol. The van der Waals surface area contributed by atoms with Crippen molar-refractivity contribution in [1.82, 2.24) is 10.6 Å². The van der Waals surface area contributed by atoms with Crippen molar-refractivity contribution >= 4 is 17.4 Å². The van der Waals surface area contributed by atoms with E-state index in [1.54, 1.807) is 11.3 Å². The van der Waals surface area contributed by atoms with Crippen molar-refractivity contribution in [3.8, 4) is 5.75 Å². The van der Waals surface area contributed by atoms with Gasteiger partial charge in [0.1, 0.15) is 5.75 Å². The lowest BCUT2D eigenvalue weighted by Crippen LogP contribution is -2.37. The summed E-state index contributed by atoms with van der Waals surface area (Å²) in [7, 11) is 0. The molecule has 1 aromatic carbocycles. The Balaban J connectivity index is 1.57. The van der Waals surface area contributed by atoms with Crippen LogP contribution in [0, 0.1) is 0 Å². The first-order valence-corrected chi connectivity index (χ1v) is 7.89. The first-order valence-electron chi connectivity index (χ1n) is 7.01. The van der Waals surface area contributed by atoms with Crippen molar-refractivity contribution in [2.75, 3.05) is 13.2 Å². The van der Waals surface area contributed by atoms with Crippen LogP contribution in [0.25, 0.3) is 0 Å². The van der Waals surface area contributed by atoms with Crippen molar-refractivity contribution in [1.29, 1.82) is 0 Å². The summed E-state index contributed by atoms with van der Waals surface area (Å²) in [5, 5.41) is 7.75. The number of ether oxygens (including phenoxy) is 1. The van der Waals surface area contributed by atoms with Crippen LogP contribution in [0.4, 0.5) is 4.79 Å². The number of hydrogen-bond donors (Lipinski definition) is 2. The van der Waals surface area contributed by atoms with Gasteiger partial charge in [0.15, 0.2) is 0 Å². The van der Waals surface area contributed by atoms with Crippen molar-refractivity contribution in [3.63, 3.8) is 0 Å². The summed E-state index contributed by atoms with van der Waals surface area (Å²) in [4.78, 5) is 12.9. The Kier molecular flexibility index (Phi) is 6.09. The van der Waals surface area contributed by atoms with Crippen molar-refractivity contribution in [2.45, 2.75) is 19.4 Å². The summed E-state index contributed by atoms with van der Waals surface area (Å²) in [6.45, 7) is 3.16. The zero-order chi connectivity index (χ0) is 14.9. The summed E-state index contributed by atoms with van der Waals surface area (Å²) >= 11 is 1.64. The highest BCUT2D eigenvalue weighted by Gasteiger charge is 2.09. The Morgan fingerprint density at radius 2 is 2.05 bits per heavy atom. The van der Waals surface area contributed by atoms with Crippen LogP contribution >= 0.6 is 11.3 Å². The molecule has 21 heavy (non-hydrogen) atoms. The van der Waals surface area contributed by atoms with Gasteiger partial charge >= 0.3 is 6.03 Å². The molecule has 4 nitrogen and oxygen atoms in total. The Morgan fingerprint density at radius 3 is 2.76 bits per heavy atom. The molecule has 112 valence electrons. The minimum Gasteiger partial charge on any atom is -0.494 e. The largest absolute Gasteiger partial charge is 0.494 e. The van der Waals surface area contributed by atoms with E-state index in [1.165, 1.54) is 0 Å². The Morgan fingerprint density at radius 1 is 1.24 bits per heavy atom. The van der Waals surface area contributed by atoms with Gasteiger partial charge in [-0.15, -0.1) is 11.3 Å². The van der Waals surface area contributed by atoms with E-state index in [-0.39, 0.29) is 12.1 Å². The van der Waals surface area contributed by atoms with E-state index in [0.717, 1.165) is 17.0 Å². The SMILES string of the molecule is C[C@@H](NC(=O)NCCCOc1ccccc1)c1cccs1. The molecule has 0 unspecified atom stereocenters. The maximum absolute atomic E-state index is 11.7. The quantitative estimate of drug-likeness (QED) is 0.768. The van der Waals surface area contributed by atoms with Crippen molar-refractivity contribution < 1.29 is 9.53 Å². The molecule has 5 heteroatoms. The topological polar surface area (TPSA) is 50.4 Å². The maximum Gasteiger partial charge on any atom is 0.315 e. The predicted octanol–water partition coefficient (Wildman–Crippen LogP) is 3.58. The number of benzene rings is 1. The zero-order valence-corrected chi connectivity index (χ0v) is 12.9. The Hall–Kier alpha value is -2.01. The van der Waals surface area contributed by atoms with Gasteiger partial charge in [-0.05, 0) is 36.9 Å². The standard InChI is InChI=1S/C16H20N2O2S/c1-13(15-9-5-12-21-15)18-16(19)17-10-6-11-20-14-7-3-2-4-8-14/h2-5,7-9,12-13H,6,10-11H2,1H3,(H2,17,18,19)/t13-/m1/s1. The van der Waals surface area contributed by atoms with Crippen LogP contribution in [0.2, 0.25) is 0 Å². The van der Waals surface area contributed by atoms with Gasteiger partial charge in [-0.1, -0.05) is 24.3 Å². The average molecular weight is 304 g/mol. The molecule has 2 N–H and O–H groups in total. The van der Waals surface area contributed by atoms with Crippen molar-refractivity contribution in [2.24, 2.45) is 0 Å². The molecule has 0 saturated carbocycles. The molecule has 0 aliphatic carbocycles. The van der Waals surface area contributed by atoms with Gasteiger partial charge in [-0.2, -0.15) is 0 Å². The zero-order valence-electron chi connectivity index (χ0n) is 12.0. The van der Waals surface area contributed by atoms with Gasteiger partial charge in [0.2, 0.25) is 0 Å². The molecule has 0 fully saturated rings. The van der Waals surface area contributed by atoms with Gasteiger partial charge < -0.3 is 15.4 Å². The first kappa shape index (κ1) is 15.4. The molecule has 1 atom stereocenters. The van der Waals surface area contributed by atoms with E-state index in [4.69, 9.17) is 4.74 Å². The van der Waals surface area contributed by atoms with Gasteiger partial charge in [0.25, 0.3) is 0 Å². The lowest BCUT2D eigenvalue weighted by atomic mass is 10.3. The molecular formula is C16H20N2O2S. The van der Waals surface area contributed by atoms with E-state index in [9.17, 15) is 4.79 Å². The monoisotopic (exact) mass is 304 g/mol. The van der Waals surface area contributed by atoms with E-state index in [2.05, 4.69) is 10.6 Å². The van der Waals surface area contributed by atoms with Crippen LogP contribution in [0.15, 0.2) is 47.8 Å². The van der Waals surface area contributed by atoms with Crippen molar-refractivity contribution in [3.05, 3.63) is 52.7 Å². The number of carbonyl (C=O) groups excluding carboxylic acids is 1.